The lowest BCUT2D eigenvalue weighted by Gasteiger charge is -2.30. The summed E-state index contributed by atoms with van der Waals surface area (Å²) in [7, 11) is 0. The first-order valence-corrected chi connectivity index (χ1v) is 8.04. The van der Waals surface area contributed by atoms with Gasteiger partial charge in [-0.1, -0.05) is 19.1 Å². The van der Waals surface area contributed by atoms with E-state index in [1.165, 1.54) is 12.1 Å². The smallest absolute Gasteiger partial charge is 0.220 e. The maximum atomic E-state index is 12.0. The van der Waals surface area contributed by atoms with Gasteiger partial charge >= 0.3 is 0 Å². The van der Waals surface area contributed by atoms with E-state index in [0.29, 0.717) is 17.9 Å². The van der Waals surface area contributed by atoms with Crippen molar-refractivity contribution in [3.8, 4) is 5.75 Å². The minimum atomic E-state index is -0.744. The standard InChI is InChI=1S/C17H26N2O3/c1-2-19-9-7-13(8-10-19)11-17(22)18-12-16(21)14-3-5-15(20)6-4-14/h3-6,13,16,20-21H,2,7-12H2,1H3,(H,18,22)/t16-/m1/s1. The number of rotatable bonds is 6. The quantitative estimate of drug-likeness (QED) is 0.747. The Labute approximate surface area is 131 Å². The number of phenols is 1. The van der Waals surface area contributed by atoms with Crippen LogP contribution in [0.2, 0.25) is 0 Å². The van der Waals surface area contributed by atoms with Crippen molar-refractivity contribution in [2.45, 2.75) is 32.3 Å². The molecule has 0 saturated carbocycles. The molecule has 1 aliphatic rings. The first kappa shape index (κ1) is 16.8. The van der Waals surface area contributed by atoms with Gasteiger partial charge in [0.25, 0.3) is 0 Å². The molecule has 3 N–H and O–H groups in total. The van der Waals surface area contributed by atoms with E-state index >= 15 is 0 Å². The number of piperidine rings is 1. The highest BCUT2D eigenvalue weighted by molar-refractivity contribution is 5.76. The Morgan fingerprint density at radius 2 is 1.95 bits per heavy atom. The highest BCUT2D eigenvalue weighted by Crippen LogP contribution is 2.20. The van der Waals surface area contributed by atoms with Crippen LogP contribution in [-0.2, 0) is 4.79 Å². The van der Waals surface area contributed by atoms with Crippen LogP contribution in [0.4, 0.5) is 0 Å². The molecule has 0 spiro atoms. The second-order valence-corrected chi connectivity index (χ2v) is 5.99. The summed E-state index contributed by atoms with van der Waals surface area (Å²) >= 11 is 0. The Morgan fingerprint density at radius 3 is 2.55 bits per heavy atom. The minimum absolute atomic E-state index is 0.00720. The van der Waals surface area contributed by atoms with Crippen LogP contribution in [0, 0.1) is 5.92 Å². The largest absolute Gasteiger partial charge is 0.508 e. The average molecular weight is 306 g/mol. The summed E-state index contributed by atoms with van der Waals surface area (Å²) < 4.78 is 0. The van der Waals surface area contributed by atoms with Crippen LogP contribution in [0.25, 0.3) is 0 Å². The number of nitrogens with zero attached hydrogens (tertiary/aromatic N) is 1. The van der Waals surface area contributed by atoms with Gasteiger partial charge in [0.1, 0.15) is 5.75 Å². The van der Waals surface area contributed by atoms with Crippen molar-refractivity contribution < 1.29 is 15.0 Å². The van der Waals surface area contributed by atoms with E-state index in [0.717, 1.165) is 32.5 Å². The van der Waals surface area contributed by atoms with E-state index in [2.05, 4.69) is 17.1 Å². The third-order valence-electron chi connectivity index (χ3n) is 4.40. The van der Waals surface area contributed by atoms with Crippen LogP contribution in [0.15, 0.2) is 24.3 Å². The Kier molecular flexibility index (Phi) is 6.21. The summed E-state index contributed by atoms with van der Waals surface area (Å²) in [6, 6.07) is 6.38. The zero-order chi connectivity index (χ0) is 15.9. The van der Waals surface area contributed by atoms with Crippen molar-refractivity contribution in [2.24, 2.45) is 5.92 Å². The van der Waals surface area contributed by atoms with Gasteiger partial charge in [-0.15, -0.1) is 0 Å². The second kappa shape index (κ2) is 8.15. The van der Waals surface area contributed by atoms with E-state index in [-0.39, 0.29) is 18.2 Å². The molecule has 1 saturated heterocycles. The first-order valence-electron chi connectivity index (χ1n) is 8.04. The molecule has 1 aromatic rings. The van der Waals surface area contributed by atoms with Gasteiger partial charge in [0, 0.05) is 13.0 Å². The van der Waals surface area contributed by atoms with E-state index in [4.69, 9.17) is 0 Å². The summed E-state index contributed by atoms with van der Waals surface area (Å²) in [4.78, 5) is 14.4. The van der Waals surface area contributed by atoms with Gasteiger partial charge in [-0.3, -0.25) is 4.79 Å². The predicted octanol–water partition coefficient (Wildman–Crippen LogP) is 1.66. The molecule has 5 heteroatoms. The fourth-order valence-corrected chi connectivity index (χ4v) is 2.87. The second-order valence-electron chi connectivity index (χ2n) is 5.99. The molecule has 22 heavy (non-hydrogen) atoms. The fourth-order valence-electron chi connectivity index (χ4n) is 2.87. The maximum absolute atomic E-state index is 12.0. The molecular formula is C17H26N2O3. The molecular weight excluding hydrogens is 280 g/mol. The normalized spacial score (nSPS) is 18.1. The Morgan fingerprint density at radius 1 is 1.32 bits per heavy atom. The monoisotopic (exact) mass is 306 g/mol. The molecule has 0 aliphatic carbocycles. The Hall–Kier alpha value is -1.59. The number of hydrogen-bond donors (Lipinski definition) is 3. The molecule has 1 atom stereocenters. The van der Waals surface area contributed by atoms with Crippen molar-refractivity contribution >= 4 is 5.91 Å². The highest BCUT2D eigenvalue weighted by atomic mass is 16.3. The molecule has 0 bridgehead atoms. The summed E-state index contributed by atoms with van der Waals surface area (Å²) in [5, 5.41) is 22.1. The van der Waals surface area contributed by atoms with Crippen molar-refractivity contribution in [2.75, 3.05) is 26.2 Å². The molecule has 5 nitrogen and oxygen atoms in total. The first-order chi connectivity index (χ1) is 10.6. The lowest BCUT2D eigenvalue weighted by atomic mass is 9.93. The van der Waals surface area contributed by atoms with E-state index < -0.39 is 6.10 Å². The third kappa shape index (κ3) is 5.00. The topological polar surface area (TPSA) is 72.8 Å². The van der Waals surface area contributed by atoms with Gasteiger partial charge in [-0.05, 0) is 56.1 Å². The summed E-state index contributed by atoms with van der Waals surface area (Å²) in [5.41, 5.74) is 0.689. The van der Waals surface area contributed by atoms with Gasteiger partial charge in [0.2, 0.25) is 5.91 Å². The molecule has 122 valence electrons. The number of carbonyl (C=O) groups is 1. The average Bonchev–Trinajstić information content (AvgIpc) is 2.54. The number of aliphatic hydroxyl groups is 1. The number of phenolic OH excluding ortho intramolecular Hbond substituents is 1. The lowest BCUT2D eigenvalue weighted by molar-refractivity contribution is -0.122. The van der Waals surface area contributed by atoms with Crippen LogP contribution in [0.5, 0.6) is 5.75 Å². The van der Waals surface area contributed by atoms with Crippen molar-refractivity contribution in [3.05, 3.63) is 29.8 Å². The number of hydrogen-bond acceptors (Lipinski definition) is 4. The van der Waals surface area contributed by atoms with Gasteiger partial charge < -0.3 is 20.4 Å². The molecule has 0 radical (unpaired) electrons. The number of nitrogens with one attached hydrogen (secondary N) is 1. The van der Waals surface area contributed by atoms with Crippen molar-refractivity contribution in [1.82, 2.24) is 10.2 Å². The maximum Gasteiger partial charge on any atom is 0.220 e. The number of likely N-dealkylation sites (tertiary alicyclic amines) is 1. The van der Waals surface area contributed by atoms with Gasteiger partial charge in [-0.2, -0.15) is 0 Å². The zero-order valence-corrected chi connectivity index (χ0v) is 13.2. The van der Waals surface area contributed by atoms with Gasteiger partial charge in [0.15, 0.2) is 0 Å². The zero-order valence-electron chi connectivity index (χ0n) is 13.2. The molecule has 0 aromatic heterocycles. The number of amides is 1. The molecule has 1 heterocycles. The van der Waals surface area contributed by atoms with Crippen molar-refractivity contribution in [1.29, 1.82) is 0 Å². The Bertz CT molecular complexity index is 467. The van der Waals surface area contributed by atoms with E-state index in [1.807, 2.05) is 0 Å². The Balaban J connectivity index is 1.70. The number of aromatic hydroxyl groups is 1. The van der Waals surface area contributed by atoms with E-state index in [1.54, 1.807) is 12.1 Å². The summed E-state index contributed by atoms with van der Waals surface area (Å²) in [5.74, 6) is 0.625. The minimum Gasteiger partial charge on any atom is -0.508 e. The van der Waals surface area contributed by atoms with Crippen LogP contribution in [0.3, 0.4) is 0 Å². The predicted molar refractivity (Wildman–Crippen MR) is 85.5 cm³/mol. The van der Waals surface area contributed by atoms with Crippen LogP contribution >= 0.6 is 0 Å². The van der Waals surface area contributed by atoms with Gasteiger partial charge in [0.05, 0.1) is 6.10 Å². The molecule has 2 rings (SSSR count). The van der Waals surface area contributed by atoms with Crippen LogP contribution in [0.1, 0.15) is 37.9 Å². The fraction of sp³-hybridized carbons (Fsp3) is 0.588. The SMILES string of the molecule is CCN1CCC(CC(=O)NC[C@@H](O)c2ccc(O)cc2)CC1. The summed E-state index contributed by atoms with van der Waals surface area (Å²) in [6.07, 6.45) is 1.94. The molecule has 1 fully saturated rings. The lowest BCUT2D eigenvalue weighted by Crippen LogP contribution is -2.36. The van der Waals surface area contributed by atoms with Gasteiger partial charge in [-0.25, -0.2) is 0 Å². The summed E-state index contributed by atoms with van der Waals surface area (Å²) in [6.45, 7) is 5.60. The molecule has 1 amide bonds. The molecule has 1 aromatic carbocycles. The number of carbonyl (C=O) groups excluding carboxylic acids is 1. The highest BCUT2D eigenvalue weighted by Gasteiger charge is 2.20. The molecule has 0 unspecified atom stereocenters. The van der Waals surface area contributed by atoms with E-state index in [9.17, 15) is 15.0 Å². The third-order valence-corrected chi connectivity index (χ3v) is 4.40. The van der Waals surface area contributed by atoms with Crippen LogP contribution < -0.4 is 5.32 Å². The van der Waals surface area contributed by atoms with Crippen molar-refractivity contribution in [3.63, 3.8) is 0 Å². The molecule has 1 aliphatic heterocycles. The number of aliphatic hydroxyl groups excluding tert-OH is 1. The number of benzene rings is 1. The van der Waals surface area contributed by atoms with Crippen LogP contribution in [-0.4, -0.2) is 47.2 Å².